The maximum Gasteiger partial charge on any atom is 0.234 e. The number of amides is 2. The Morgan fingerprint density at radius 3 is 2.61 bits per heavy atom. The molecule has 0 radical (unpaired) electrons. The minimum absolute atomic E-state index is 0.108. The molecule has 0 aliphatic heterocycles. The highest BCUT2D eigenvalue weighted by Gasteiger charge is 2.28. The molecule has 0 bridgehead atoms. The third-order valence-corrected chi connectivity index (χ3v) is 4.86. The predicted octanol–water partition coefficient (Wildman–Crippen LogP) is 3.34. The fraction of sp³-hybridized carbons (Fsp3) is 0.529. The zero-order chi connectivity index (χ0) is 17.5. The summed E-state index contributed by atoms with van der Waals surface area (Å²) in [4.78, 5) is 23.6. The van der Waals surface area contributed by atoms with Gasteiger partial charge in [-0.2, -0.15) is 0 Å². The number of anilines is 1. The van der Waals surface area contributed by atoms with E-state index < -0.39 is 0 Å². The van der Waals surface area contributed by atoms with E-state index in [9.17, 15) is 9.59 Å². The monoisotopic (exact) mass is 384 g/mol. The van der Waals surface area contributed by atoms with Crippen LogP contribution in [0.25, 0.3) is 0 Å². The molecule has 2 amide bonds. The maximum atomic E-state index is 11.9. The van der Waals surface area contributed by atoms with E-state index in [2.05, 4.69) is 26.6 Å². The molecule has 23 heavy (non-hydrogen) atoms. The third-order valence-electron chi connectivity index (χ3n) is 3.07. The lowest BCUT2D eigenvalue weighted by Crippen LogP contribution is -2.39. The average molecular weight is 385 g/mol. The number of carbonyl (C=O) groups excluding carboxylic acids is 2. The van der Waals surface area contributed by atoms with Crippen molar-refractivity contribution in [3.05, 3.63) is 24.3 Å². The third kappa shape index (κ3) is 7.03. The zero-order valence-corrected chi connectivity index (χ0v) is 15.7. The van der Waals surface area contributed by atoms with Crippen molar-refractivity contribution in [3.63, 3.8) is 0 Å². The van der Waals surface area contributed by atoms with Crippen molar-refractivity contribution in [2.45, 2.75) is 38.9 Å². The van der Waals surface area contributed by atoms with Crippen LogP contribution in [-0.4, -0.2) is 29.8 Å². The number of benzene rings is 1. The molecule has 5 nitrogen and oxygen atoms in total. The summed E-state index contributed by atoms with van der Waals surface area (Å²) in [6, 6.07) is 7.23. The smallest absolute Gasteiger partial charge is 0.234 e. The first-order valence-electron chi connectivity index (χ1n) is 7.68. The van der Waals surface area contributed by atoms with Crippen LogP contribution in [0.4, 0.5) is 5.69 Å². The van der Waals surface area contributed by atoms with Crippen LogP contribution in [0.5, 0.6) is 5.75 Å². The molecule has 6 heteroatoms. The Morgan fingerprint density at radius 1 is 1.30 bits per heavy atom. The molecule has 0 heterocycles. The first kappa shape index (κ1) is 19.5. The molecule has 2 N–H and O–H groups in total. The van der Waals surface area contributed by atoms with Crippen LogP contribution in [0.3, 0.4) is 0 Å². The summed E-state index contributed by atoms with van der Waals surface area (Å²) in [5.74, 6) is 0.454. The van der Waals surface area contributed by atoms with Crippen molar-refractivity contribution in [2.75, 3.05) is 18.5 Å². The molecule has 1 atom stereocenters. The van der Waals surface area contributed by atoms with Gasteiger partial charge >= 0.3 is 0 Å². The van der Waals surface area contributed by atoms with Gasteiger partial charge in [0.1, 0.15) is 5.75 Å². The van der Waals surface area contributed by atoms with Crippen LogP contribution in [0.1, 0.15) is 34.1 Å². The highest BCUT2D eigenvalue weighted by Crippen LogP contribution is 2.25. The summed E-state index contributed by atoms with van der Waals surface area (Å²) in [7, 11) is 0. The number of carbonyl (C=O) groups is 2. The number of hydrogen-bond acceptors (Lipinski definition) is 3. The van der Waals surface area contributed by atoms with Crippen LogP contribution in [-0.2, 0) is 9.59 Å². The van der Waals surface area contributed by atoms with Gasteiger partial charge < -0.3 is 15.4 Å². The summed E-state index contributed by atoms with van der Waals surface area (Å²) in [5.41, 5.74) is 0.506. The summed E-state index contributed by atoms with van der Waals surface area (Å²) >= 11 is 3.38. The van der Waals surface area contributed by atoms with E-state index in [1.807, 2.05) is 39.8 Å². The lowest BCUT2D eigenvalue weighted by atomic mass is 9.92. The van der Waals surface area contributed by atoms with Gasteiger partial charge in [0.05, 0.1) is 11.4 Å². The van der Waals surface area contributed by atoms with Crippen LogP contribution in [0.15, 0.2) is 24.3 Å². The van der Waals surface area contributed by atoms with E-state index in [0.717, 1.165) is 0 Å². The Labute approximate surface area is 146 Å². The lowest BCUT2D eigenvalue weighted by molar-refractivity contribution is -0.122. The van der Waals surface area contributed by atoms with E-state index in [-0.39, 0.29) is 28.5 Å². The van der Waals surface area contributed by atoms with Gasteiger partial charge in [0.25, 0.3) is 0 Å². The van der Waals surface area contributed by atoms with Crippen molar-refractivity contribution in [2.24, 2.45) is 5.41 Å². The second-order valence-corrected chi connectivity index (χ2v) is 7.19. The number of alkyl halides is 1. The Hall–Kier alpha value is -1.56. The largest absolute Gasteiger partial charge is 0.494 e. The summed E-state index contributed by atoms with van der Waals surface area (Å²) in [5, 5.41) is 5.56. The van der Waals surface area contributed by atoms with Crippen molar-refractivity contribution in [1.82, 2.24) is 5.32 Å². The quantitative estimate of drug-likeness (QED) is 0.708. The van der Waals surface area contributed by atoms with Gasteiger partial charge in [-0.25, -0.2) is 0 Å². The molecule has 0 saturated heterocycles. The molecule has 0 unspecified atom stereocenters. The summed E-state index contributed by atoms with van der Waals surface area (Å²) < 4.78 is 5.39. The predicted molar refractivity (Wildman–Crippen MR) is 96.0 cm³/mol. The number of rotatable bonds is 7. The molecule has 1 aromatic carbocycles. The first-order valence-corrected chi connectivity index (χ1v) is 8.60. The fourth-order valence-corrected chi connectivity index (χ4v) is 2.00. The van der Waals surface area contributed by atoms with Crippen molar-refractivity contribution in [1.29, 1.82) is 0 Å². The molecule has 128 valence electrons. The average Bonchev–Trinajstić information content (AvgIpc) is 2.46. The number of hydrogen-bond donors (Lipinski definition) is 2. The fourth-order valence-electron chi connectivity index (χ4n) is 1.84. The van der Waals surface area contributed by atoms with Gasteiger partial charge in [0, 0.05) is 24.7 Å². The van der Waals surface area contributed by atoms with E-state index in [4.69, 9.17) is 4.74 Å². The minimum atomic E-state index is -0.291. The lowest BCUT2D eigenvalue weighted by Gasteiger charge is -2.24. The van der Waals surface area contributed by atoms with Crippen molar-refractivity contribution in [3.8, 4) is 5.75 Å². The van der Waals surface area contributed by atoms with Crippen LogP contribution in [0.2, 0.25) is 0 Å². The highest BCUT2D eigenvalue weighted by atomic mass is 79.9. The van der Waals surface area contributed by atoms with Gasteiger partial charge in [-0.05, 0) is 24.5 Å². The Morgan fingerprint density at radius 2 is 2.00 bits per heavy atom. The molecular weight excluding hydrogens is 360 g/mol. The zero-order valence-electron chi connectivity index (χ0n) is 14.1. The molecule has 1 aromatic rings. The number of ether oxygens (including phenoxy) is 1. The second kappa shape index (κ2) is 8.91. The van der Waals surface area contributed by atoms with Gasteiger partial charge in [0.2, 0.25) is 11.8 Å². The number of halogens is 1. The molecule has 0 saturated carbocycles. The summed E-state index contributed by atoms with van der Waals surface area (Å²) in [6.45, 7) is 8.71. The topological polar surface area (TPSA) is 67.4 Å². The van der Waals surface area contributed by atoms with Crippen LogP contribution >= 0.6 is 15.9 Å². The van der Waals surface area contributed by atoms with Crippen molar-refractivity contribution < 1.29 is 14.3 Å². The molecule has 0 aliphatic rings. The van der Waals surface area contributed by atoms with Gasteiger partial charge in [-0.1, -0.05) is 42.8 Å². The minimum Gasteiger partial charge on any atom is -0.494 e. The SMILES string of the molecule is CCOc1cccc(NC(=O)CCNC(=O)[C@H](Br)C(C)(C)C)c1. The van der Waals surface area contributed by atoms with Gasteiger partial charge in [0.15, 0.2) is 0 Å². The molecule has 0 aliphatic carbocycles. The highest BCUT2D eigenvalue weighted by molar-refractivity contribution is 9.10. The molecule has 0 spiro atoms. The van der Waals surface area contributed by atoms with Gasteiger partial charge in [-0.15, -0.1) is 0 Å². The first-order chi connectivity index (χ1) is 10.7. The van der Waals surface area contributed by atoms with E-state index in [0.29, 0.717) is 24.6 Å². The molecule has 0 fully saturated rings. The normalized spacial score (nSPS) is 12.4. The van der Waals surface area contributed by atoms with E-state index >= 15 is 0 Å². The van der Waals surface area contributed by atoms with Crippen molar-refractivity contribution >= 4 is 33.4 Å². The molecule has 0 aromatic heterocycles. The standard InChI is InChI=1S/C17H25BrN2O3/c1-5-23-13-8-6-7-12(11-13)20-14(21)9-10-19-16(22)15(18)17(2,3)4/h6-8,11,15H,5,9-10H2,1-4H3,(H,19,22)(H,20,21)/t15-/m0/s1. The maximum absolute atomic E-state index is 11.9. The van der Waals surface area contributed by atoms with E-state index in [1.54, 1.807) is 12.1 Å². The number of nitrogens with one attached hydrogen (secondary N) is 2. The second-order valence-electron chi connectivity index (χ2n) is 6.28. The molecule has 1 rings (SSSR count). The van der Waals surface area contributed by atoms with Crippen LogP contribution in [0, 0.1) is 5.41 Å². The Balaban J connectivity index is 2.40. The Bertz CT molecular complexity index is 541. The summed E-state index contributed by atoms with van der Waals surface area (Å²) in [6.07, 6.45) is 0.217. The van der Waals surface area contributed by atoms with E-state index in [1.165, 1.54) is 0 Å². The van der Waals surface area contributed by atoms with Gasteiger partial charge in [-0.3, -0.25) is 9.59 Å². The Kier molecular flexibility index (Phi) is 7.55. The van der Waals surface area contributed by atoms with Crippen LogP contribution < -0.4 is 15.4 Å². The molecular formula is C17H25BrN2O3.